The molecule has 3 aliphatic heterocycles. The Hall–Kier alpha value is -3.41. The fourth-order valence-corrected chi connectivity index (χ4v) is 5.12. The number of imide groups is 1. The Balaban J connectivity index is 1.68. The van der Waals surface area contributed by atoms with E-state index in [2.05, 4.69) is 11.4 Å². The molecule has 0 radical (unpaired) electrons. The normalized spacial score (nSPS) is 26.5. The van der Waals surface area contributed by atoms with Gasteiger partial charge in [0.15, 0.2) is 5.78 Å². The summed E-state index contributed by atoms with van der Waals surface area (Å²) in [6, 6.07) is 11.9. The number of carbonyl (C=O) groups is 3. The highest BCUT2D eigenvalue weighted by molar-refractivity contribution is 6.14. The summed E-state index contributed by atoms with van der Waals surface area (Å²) >= 11 is 0. The number of ketones is 1. The first kappa shape index (κ1) is 18.6. The van der Waals surface area contributed by atoms with Crippen LogP contribution in [0, 0.1) is 18.8 Å². The topological polar surface area (TPSA) is 75.7 Å². The van der Waals surface area contributed by atoms with Crippen LogP contribution in [-0.2, 0) is 9.59 Å². The number of nitrogens with one attached hydrogen (secondary N) is 1. The summed E-state index contributed by atoms with van der Waals surface area (Å²) in [6.07, 6.45) is 2.02. The molecular weight excluding hydrogens is 380 g/mol. The highest BCUT2D eigenvalue weighted by Gasteiger charge is 2.61. The van der Waals surface area contributed by atoms with E-state index < -0.39 is 17.9 Å². The van der Waals surface area contributed by atoms with Gasteiger partial charge in [0.2, 0.25) is 11.8 Å². The van der Waals surface area contributed by atoms with Crippen molar-refractivity contribution in [2.75, 3.05) is 12.0 Å². The maximum Gasteiger partial charge on any atom is 0.233 e. The Bertz CT molecular complexity index is 1140. The lowest BCUT2D eigenvalue weighted by Crippen LogP contribution is -2.48. The quantitative estimate of drug-likeness (QED) is 0.631. The van der Waals surface area contributed by atoms with Gasteiger partial charge in [0.05, 0.1) is 25.0 Å². The summed E-state index contributed by atoms with van der Waals surface area (Å²) < 4.78 is 5.27. The molecule has 30 heavy (non-hydrogen) atoms. The van der Waals surface area contributed by atoms with Crippen LogP contribution in [0.3, 0.4) is 0 Å². The molecule has 0 aromatic heterocycles. The van der Waals surface area contributed by atoms with E-state index in [9.17, 15) is 14.4 Å². The first-order valence-corrected chi connectivity index (χ1v) is 10.0. The number of fused-ring (bicyclic) bond motifs is 5. The van der Waals surface area contributed by atoms with Crippen LogP contribution in [0.1, 0.15) is 28.4 Å². The third kappa shape index (κ3) is 2.53. The fourth-order valence-electron chi connectivity index (χ4n) is 5.12. The average Bonchev–Trinajstić information content (AvgIpc) is 3.23. The number of carbonyl (C=O) groups excluding carboxylic acids is 3. The number of hydrogen-bond donors (Lipinski definition) is 1. The summed E-state index contributed by atoms with van der Waals surface area (Å²) in [4.78, 5) is 41.1. The lowest BCUT2D eigenvalue weighted by atomic mass is 9.85. The van der Waals surface area contributed by atoms with Crippen LogP contribution in [0.25, 0.3) is 5.57 Å². The number of aryl methyl sites for hydroxylation is 1. The molecule has 3 heterocycles. The molecule has 5 rings (SSSR count). The van der Waals surface area contributed by atoms with Crippen molar-refractivity contribution >= 4 is 28.9 Å². The van der Waals surface area contributed by atoms with Crippen molar-refractivity contribution in [1.29, 1.82) is 0 Å². The Morgan fingerprint density at radius 3 is 2.57 bits per heavy atom. The predicted octanol–water partition coefficient (Wildman–Crippen LogP) is 2.75. The third-order valence-electron chi connectivity index (χ3n) is 6.47. The maximum atomic E-state index is 13.7. The molecule has 3 aliphatic rings. The number of rotatable bonds is 3. The lowest BCUT2D eigenvalue weighted by Gasteiger charge is -2.37. The van der Waals surface area contributed by atoms with Crippen molar-refractivity contribution in [2.24, 2.45) is 11.8 Å². The van der Waals surface area contributed by atoms with Crippen LogP contribution < -0.4 is 15.0 Å². The van der Waals surface area contributed by atoms with E-state index in [4.69, 9.17) is 4.74 Å². The SMILES string of the molecule is COc1cccc(C(=O)[C@@H]2[C@@H]3C(=O)NC(=O)[C@H]3[C@@H]3C=C(C)c4cc(C)ccc4N23)c1. The molecule has 6 heteroatoms. The number of nitrogens with zero attached hydrogens (tertiary/aromatic N) is 1. The van der Waals surface area contributed by atoms with Gasteiger partial charge in [-0.1, -0.05) is 29.8 Å². The second-order valence-corrected chi connectivity index (χ2v) is 8.21. The van der Waals surface area contributed by atoms with E-state index in [0.717, 1.165) is 22.4 Å². The molecular formula is C24H22N2O4. The van der Waals surface area contributed by atoms with Crippen molar-refractivity contribution < 1.29 is 19.1 Å². The zero-order chi connectivity index (χ0) is 21.2. The second-order valence-electron chi connectivity index (χ2n) is 8.21. The highest BCUT2D eigenvalue weighted by atomic mass is 16.5. The minimum Gasteiger partial charge on any atom is -0.497 e. The van der Waals surface area contributed by atoms with Gasteiger partial charge < -0.3 is 9.64 Å². The first-order valence-electron chi connectivity index (χ1n) is 10.0. The summed E-state index contributed by atoms with van der Waals surface area (Å²) in [5.74, 6) is -1.60. The van der Waals surface area contributed by atoms with Gasteiger partial charge >= 0.3 is 0 Å². The van der Waals surface area contributed by atoms with Crippen molar-refractivity contribution in [2.45, 2.75) is 25.9 Å². The Morgan fingerprint density at radius 1 is 1.03 bits per heavy atom. The average molecular weight is 402 g/mol. The third-order valence-corrected chi connectivity index (χ3v) is 6.47. The van der Waals surface area contributed by atoms with Gasteiger partial charge in [-0.25, -0.2) is 0 Å². The summed E-state index contributed by atoms with van der Waals surface area (Å²) in [6.45, 7) is 4.03. The van der Waals surface area contributed by atoms with Crippen LogP contribution >= 0.6 is 0 Å². The molecule has 2 aromatic rings. The Morgan fingerprint density at radius 2 is 1.80 bits per heavy atom. The molecule has 0 saturated carbocycles. The van der Waals surface area contributed by atoms with Gasteiger partial charge in [0.1, 0.15) is 11.8 Å². The standard InChI is InChI=1S/C24H22N2O4/c1-12-7-8-17-16(9-12)13(2)10-18-19-20(24(29)25-23(19)28)21(26(17)18)22(27)14-5-4-6-15(11-14)30-3/h4-11,18-21H,1-3H3,(H,25,28,29)/t18-,19-,20+,21-/m0/s1. The zero-order valence-electron chi connectivity index (χ0n) is 17.0. The second kappa shape index (κ2) is 6.55. The van der Waals surface area contributed by atoms with Gasteiger partial charge in [0, 0.05) is 16.8 Å². The number of amides is 2. The molecule has 2 fully saturated rings. The molecule has 0 spiro atoms. The molecule has 152 valence electrons. The predicted molar refractivity (Wildman–Crippen MR) is 112 cm³/mol. The van der Waals surface area contributed by atoms with Crippen LogP contribution in [0.4, 0.5) is 5.69 Å². The molecule has 0 bridgehead atoms. The maximum absolute atomic E-state index is 13.7. The highest BCUT2D eigenvalue weighted by Crippen LogP contribution is 2.48. The minimum atomic E-state index is -0.760. The molecule has 4 atom stereocenters. The molecule has 6 nitrogen and oxygen atoms in total. The van der Waals surface area contributed by atoms with E-state index in [0.29, 0.717) is 11.3 Å². The summed E-state index contributed by atoms with van der Waals surface area (Å²) in [5.41, 5.74) is 4.55. The summed E-state index contributed by atoms with van der Waals surface area (Å²) in [5, 5.41) is 2.45. The zero-order valence-corrected chi connectivity index (χ0v) is 17.0. The van der Waals surface area contributed by atoms with Crippen LogP contribution in [0.5, 0.6) is 5.75 Å². The smallest absolute Gasteiger partial charge is 0.233 e. The Kier molecular flexibility index (Phi) is 4.07. The lowest BCUT2D eigenvalue weighted by molar-refractivity contribution is -0.126. The van der Waals surface area contributed by atoms with E-state index in [1.54, 1.807) is 31.4 Å². The van der Waals surface area contributed by atoms with E-state index in [-0.39, 0.29) is 23.6 Å². The van der Waals surface area contributed by atoms with Crippen LogP contribution in [-0.4, -0.2) is 36.8 Å². The van der Waals surface area contributed by atoms with Gasteiger partial charge in [-0.15, -0.1) is 0 Å². The van der Waals surface area contributed by atoms with Gasteiger partial charge in [-0.3, -0.25) is 19.7 Å². The summed E-state index contributed by atoms with van der Waals surface area (Å²) in [7, 11) is 1.55. The molecule has 0 aliphatic carbocycles. The van der Waals surface area contributed by atoms with Crippen molar-refractivity contribution in [3.63, 3.8) is 0 Å². The van der Waals surface area contributed by atoms with Crippen molar-refractivity contribution in [3.05, 3.63) is 65.2 Å². The van der Waals surface area contributed by atoms with Crippen LogP contribution in [0.15, 0.2) is 48.5 Å². The Labute approximate surface area is 174 Å². The number of Topliss-reactive ketones (excluding diaryl/α,β-unsaturated/α-hetero) is 1. The molecule has 1 N–H and O–H groups in total. The molecule has 0 unspecified atom stereocenters. The van der Waals surface area contributed by atoms with Crippen LogP contribution in [0.2, 0.25) is 0 Å². The van der Waals surface area contributed by atoms with Crippen molar-refractivity contribution in [1.82, 2.24) is 5.32 Å². The van der Waals surface area contributed by atoms with Crippen molar-refractivity contribution in [3.8, 4) is 5.75 Å². The number of benzene rings is 2. The van der Waals surface area contributed by atoms with E-state index >= 15 is 0 Å². The number of methoxy groups -OCH3 is 1. The van der Waals surface area contributed by atoms with E-state index in [1.807, 2.05) is 37.0 Å². The van der Waals surface area contributed by atoms with Gasteiger partial charge in [0.25, 0.3) is 0 Å². The first-order chi connectivity index (χ1) is 14.4. The number of allylic oxidation sites excluding steroid dienone is 1. The molecule has 2 amide bonds. The minimum absolute atomic E-state index is 0.185. The fraction of sp³-hybridized carbons (Fsp3) is 0.292. The van der Waals surface area contributed by atoms with E-state index in [1.165, 1.54) is 0 Å². The molecule has 2 saturated heterocycles. The van der Waals surface area contributed by atoms with Gasteiger partial charge in [-0.2, -0.15) is 0 Å². The number of anilines is 1. The molecule has 2 aromatic carbocycles. The number of ether oxygens (including phenoxy) is 1. The monoisotopic (exact) mass is 402 g/mol. The van der Waals surface area contributed by atoms with Gasteiger partial charge in [-0.05, 0) is 43.7 Å². The number of hydrogen-bond acceptors (Lipinski definition) is 5. The largest absolute Gasteiger partial charge is 0.497 e.